The second-order valence-electron chi connectivity index (χ2n) is 10.5. The smallest absolute Gasteiger partial charge is 0.260 e. The van der Waals surface area contributed by atoms with Gasteiger partial charge < -0.3 is 5.11 Å². The number of phenols is 1. The number of para-hydroxylation sites is 1. The first kappa shape index (κ1) is 32.7. The number of allylic oxidation sites excluding steroid dienone is 2. The van der Waals surface area contributed by atoms with Crippen molar-refractivity contribution in [2.75, 3.05) is 6.54 Å². The molecule has 222 valence electrons. The predicted octanol–water partition coefficient (Wildman–Crippen LogP) is 7.01. The normalized spacial score (nSPS) is 15.5. The second-order valence-corrected chi connectivity index (χ2v) is 11.4. The molecule has 0 fully saturated rings. The van der Waals surface area contributed by atoms with Crippen molar-refractivity contribution >= 4 is 39.2 Å². The standard InChI is InChI=1S/C13H10BrN3O.C12H11NO3.C8H18/c1-8-6-11(9-4-2-3-5-12(9)18)16-13-10(14)7-15-17(8)13;1-8(14)7-13-11(15)9-4-2-3-5-10(6-9)12(13)16;1-4-6-8(3)7-5-2/h2-7,18H,1H3;2-6,9H,7H2,1H3;8H,4-7H2,1-3H3. The van der Waals surface area contributed by atoms with Crippen molar-refractivity contribution in [3.05, 3.63) is 82.6 Å². The molecule has 5 rings (SSSR count). The molecule has 0 saturated heterocycles. The molecule has 9 heteroatoms. The number of rotatable bonds is 7. The number of aryl methyl sites for hydroxylation is 1. The Balaban J connectivity index is 0.000000186. The Morgan fingerprint density at radius 1 is 1.12 bits per heavy atom. The highest BCUT2D eigenvalue weighted by Gasteiger charge is 2.34. The average Bonchev–Trinajstić information content (AvgIpc) is 3.18. The fraction of sp³-hybridized carbons (Fsp3) is 0.364. The number of Topliss-reactive ketones (excluding diaryl/α,β-unsaturated/α-hetero) is 1. The number of benzene rings is 1. The van der Waals surface area contributed by atoms with E-state index in [-0.39, 0.29) is 24.0 Å². The monoisotopic (exact) mass is 634 g/mol. The highest BCUT2D eigenvalue weighted by atomic mass is 79.9. The van der Waals surface area contributed by atoms with E-state index in [2.05, 4.69) is 46.8 Å². The number of nitrogens with zero attached hydrogens (tertiary/aromatic N) is 4. The molecule has 1 unspecified atom stereocenters. The Hall–Kier alpha value is -3.85. The maximum atomic E-state index is 11.9. The number of hydrogen-bond acceptors (Lipinski definition) is 6. The van der Waals surface area contributed by atoms with Crippen LogP contribution in [0, 0.1) is 18.8 Å². The lowest BCUT2D eigenvalue weighted by molar-refractivity contribution is -0.147. The van der Waals surface area contributed by atoms with E-state index in [4.69, 9.17) is 0 Å². The van der Waals surface area contributed by atoms with Crippen LogP contribution in [-0.4, -0.2) is 48.7 Å². The molecular weight excluding hydrogens is 596 g/mol. The number of fused-ring (bicyclic) bond motifs is 2. The van der Waals surface area contributed by atoms with Gasteiger partial charge >= 0.3 is 0 Å². The summed E-state index contributed by atoms with van der Waals surface area (Å²) in [4.78, 5) is 40.2. The van der Waals surface area contributed by atoms with Crippen LogP contribution in [0.3, 0.4) is 0 Å². The summed E-state index contributed by atoms with van der Waals surface area (Å²) in [7, 11) is 0. The quantitative estimate of drug-likeness (QED) is 0.280. The van der Waals surface area contributed by atoms with Gasteiger partial charge in [-0.25, -0.2) is 9.50 Å². The number of imide groups is 1. The summed E-state index contributed by atoms with van der Waals surface area (Å²) in [5.74, 6) is -0.161. The van der Waals surface area contributed by atoms with Gasteiger partial charge in [0.05, 0.1) is 28.8 Å². The number of hydrogen-bond donors (Lipinski definition) is 1. The number of phenolic OH excluding ortho intramolecular Hbond substituents is 1. The Labute approximate surface area is 256 Å². The van der Waals surface area contributed by atoms with Crippen LogP contribution in [-0.2, 0) is 14.4 Å². The van der Waals surface area contributed by atoms with Gasteiger partial charge in [-0.1, -0.05) is 82.9 Å². The van der Waals surface area contributed by atoms with Crippen LogP contribution >= 0.6 is 15.9 Å². The van der Waals surface area contributed by atoms with Crippen molar-refractivity contribution < 1.29 is 19.5 Å². The Bertz CT molecular complexity index is 1520. The third-order valence-corrected chi connectivity index (χ3v) is 7.40. The van der Waals surface area contributed by atoms with Gasteiger partial charge in [0, 0.05) is 16.8 Å². The van der Waals surface area contributed by atoms with Gasteiger partial charge in [-0.2, -0.15) is 5.10 Å². The molecule has 1 aliphatic heterocycles. The minimum atomic E-state index is -0.429. The molecule has 2 amide bonds. The molecule has 1 aliphatic carbocycles. The van der Waals surface area contributed by atoms with E-state index in [9.17, 15) is 19.5 Å². The number of carbonyl (C=O) groups excluding carboxylic acids is 3. The molecule has 1 aromatic carbocycles. The van der Waals surface area contributed by atoms with Gasteiger partial charge in [-0.15, -0.1) is 0 Å². The minimum absolute atomic E-state index is 0.146. The average molecular weight is 636 g/mol. The summed E-state index contributed by atoms with van der Waals surface area (Å²) in [5, 5.41) is 14.1. The lowest BCUT2D eigenvalue weighted by Crippen LogP contribution is -2.45. The topological polar surface area (TPSA) is 105 Å². The predicted molar refractivity (Wildman–Crippen MR) is 169 cm³/mol. The molecule has 0 radical (unpaired) electrons. The summed E-state index contributed by atoms with van der Waals surface area (Å²) in [6.07, 6.45) is 15.7. The number of aromatic nitrogens is 3. The van der Waals surface area contributed by atoms with Crippen LogP contribution in [0.2, 0.25) is 0 Å². The van der Waals surface area contributed by atoms with Crippen LogP contribution in [0.1, 0.15) is 59.1 Å². The lowest BCUT2D eigenvalue weighted by atomic mass is 9.99. The number of amides is 2. The van der Waals surface area contributed by atoms with Gasteiger partial charge in [0.2, 0.25) is 5.91 Å². The SMILES string of the molecule is CC(=O)CN1C(=O)C2=CC(C=CC=C2)C1=O.CCCC(C)CCC.Cc1cc(-c2ccccc2O)nc2c(Br)cnn12. The van der Waals surface area contributed by atoms with E-state index in [1.165, 1.54) is 32.6 Å². The Morgan fingerprint density at radius 3 is 2.45 bits per heavy atom. The molecule has 42 heavy (non-hydrogen) atoms. The largest absolute Gasteiger partial charge is 0.507 e. The van der Waals surface area contributed by atoms with E-state index in [0.717, 1.165) is 37.9 Å². The highest BCUT2D eigenvalue weighted by Crippen LogP contribution is 2.29. The fourth-order valence-electron chi connectivity index (χ4n) is 4.80. The van der Waals surface area contributed by atoms with Gasteiger partial charge in [0.25, 0.3) is 5.91 Å². The first-order chi connectivity index (χ1) is 20.1. The van der Waals surface area contributed by atoms with Crippen molar-refractivity contribution in [1.29, 1.82) is 0 Å². The second kappa shape index (κ2) is 15.4. The summed E-state index contributed by atoms with van der Waals surface area (Å²) in [6, 6.07) is 9.07. The molecule has 3 aromatic rings. The Morgan fingerprint density at radius 2 is 1.81 bits per heavy atom. The number of carbonyl (C=O) groups is 3. The van der Waals surface area contributed by atoms with Crippen molar-refractivity contribution in [3.63, 3.8) is 0 Å². The molecule has 0 spiro atoms. The lowest BCUT2D eigenvalue weighted by Gasteiger charge is -2.26. The maximum Gasteiger partial charge on any atom is 0.260 e. The van der Waals surface area contributed by atoms with Crippen LogP contribution in [0.25, 0.3) is 16.9 Å². The summed E-state index contributed by atoms with van der Waals surface area (Å²) in [6.45, 7) is 10.0. The first-order valence-corrected chi connectivity index (χ1v) is 15.1. The minimum Gasteiger partial charge on any atom is -0.507 e. The first-order valence-electron chi connectivity index (χ1n) is 14.3. The van der Waals surface area contributed by atoms with E-state index >= 15 is 0 Å². The van der Waals surface area contributed by atoms with E-state index in [1.807, 2.05) is 25.1 Å². The Kier molecular flexibility index (Phi) is 12.0. The zero-order valence-electron chi connectivity index (χ0n) is 24.9. The fourth-order valence-corrected chi connectivity index (χ4v) is 5.14. The zero-order chi connectivity index (χ0) is 30.8. The van der Waals surface area contributed by atoms with E-state index in [1.54, 1.807) is 53.2 Å². The van der Waals surface area contributed by atoms with Crippen LogP contribution in [0.5, 0.6) is 5.75 Å². The van der Waals surface area contributed by atoms with Crippen molar-refractivity contribution in [2.24, 2.45) is 11.8 Å². The van der Waals surface area contributed by atoms with Crippen molar-refractivity contribution in [3.8, 4) is 17.0 Å². The molecular formula is C33H39BrN4O4. The van der Waals surface area contributed by atoms with Gasteiger partial charge in [-0.05, 0) is 60.0 Å². The molecule has 8 nitrogen and oxygen atoms in total. The van der Waals surface area contributed by atoms with E-state index in [0.29, 0.717) is 5.57 Å². The van der Waals surface area contributed by atoms with Crippen LogP contribution in [0.15, 0.2) is 77.0 Å². The van der Waals surface area contributed by atoms with E-state index < -0.39 is 11.8 Å². The van der Waals surface area contributed by atoms with Gasteiger partial charge in [0.15, 0.2) is 5.65 Å². The van der Waals surface area contributed by atoms with Gasteiger partial charge in [0.1, 0.15) is 11.5 Å². The molecule has 2 bridgehead atoms. The molecule has 1 N–H and O–H groups in total. The van der Waals surface area contributed by atoms with Crippen molar-refractivity contribution in [1.82, 2.24) is 19.5 Å². The molecule has 3 heterocycles. The van der Waals surface area contributed by atoms with Crippen LogP contribution < -0.4 is 0 Å². The maximum absolute atomic E-state index is 11.9. The number of halogens is 1. The third kappa shape index (κ3) is 8.35. The zero-order valence-corrected chi connectivity index (χ0v) is 26.5. The number of aromatic hydroxyl groups is 1. The molecule has 2 aliphatic rings. The van der Waals surface area contributed by atoms with Crippen molar-refractivity contribution in [2.45, 2.75) is 60.3 Å². The molecule has 1 atom stereocenters. The molecule has 2 aromatic heterocycles. The summed E-state index contributed by atoms with van der Waals surface area (Å²) in [5.41, 5.74) is 3.63. The van der Waals surface area contributed by atoms with Gasteiger partial charge in [-0.3, -0.25) is 19.3 Å². The van der Waals surface area contributed by atoms with Crippen LogP contribution in [0.4, 0.5) is 0 Å². The third-order valence-electron chi connectivity index (χ3n) is 6.84. The summed E-state index contributed by atoms with van der Waals surface area (Å²) >= 11 is 3.42. The summed E-state index contributed by atoms with van der Waals surface area (Å²) < 4.78 is 2.59. The molecule has 0 saturated carbocycles. The highest BCUT2D eigenvalue weighted by molar-refractivity contribution is 9.10. The number of ketones is 1.